The summed E-state index contributed by atoms with van der Waals surface area (Å²) in [6, 6.07) is 13.9. The molecule has 4 rings (SSSR count). The number of pyridine rings is 2. The number of hydrogen-bond donors (Lipinski definition) is 1. The summed E-state index contributed by atoms with van der Waals surface area (Å²) < 4.78 is 0. The van der Waals surface area contributed by atoms with Crippen LogP contribution in [0.25, 0.3) is 10.9 Å². The quantitative estimate of drug-likeness (QED) is 0.713. The molecule has 1 fully saturated rings. The van der Waals surface area contributed by atoms with E-state index >= 15 is 0 Å². The van der Waals surface area contributed by atoms with E-state index in [1.165, 1.54) is 0 Å². The highest BCUT2D eigenvalue weighted by molar-refractivity contribution is 5.85. The number of aromatic hydroxyl groups is 1. The van der Waals surface area contributed by atoms with Crippen molar-refractivity contribution in [2.45, 2.75) is 34.2 Å². The summed E-state index contributed by atoms with van der Waals surface area (Å²) in [7, 11) is 0. The number of anilines is 1. The SMILES string of the molecule is CC.CC.Oc1c(CN2CCN(c3ccccn3)CC2)ccc2cccnc12. The Morgan fingerprint density at radius 3 is 2.21 bits per heavy atom. The summed E-state index contributed by atoms with van der Waals surface area (Å²) in [4.78, 5) is 13.4. The number of rotatable bonds is 3. The molecule has 3 heterocycles. The molecule has 3 aromatic rings. The first-order valence-corrected chi connectivity index (χ1v) is 10.3. The molecule has 0 amide bonds. The number of hydrogen-bond acceptors (Lipinski definition) is 5. The molecule has 0 atom stereocenters. The van der Waals surface area contributed by atoms with Crippen molar-refractivity contribution >= 4 is 16.7 Å². The van der Waals surface area contributed by atoms with Crippen LogP contribution < -0.4 is 4.90 Å². The van der Waals surface area contributed by atoms with Crippen molar-refractivity contribution in [3.8, 4) is 5.75 Å². The molecule has 1 saturated heterocycles. The molecular formula is C23H32N4O. The maximum absolute atomic E-state index is 10.5. The third kappa shape index (κ3) is 5.20. The summed E-state index contributed by atoms with van der Waals surface area (Å²) in [5.41, 5.74) is 1.62. The zero-order valence-corrected chi connectivity index (χ0v) is 17.5. The van der Waals surface area contributed by atoms with E-state index in [1.54, 1.807) is 6.20 Å². The van der Waals surface area contributed by atoms with E-state index in [2.05, 4.69) is 25.8 Å². The van der Waals surface area contributed by atoms with Crippen LogP contribution in [-0.2, 0) is 6.54 Å². The lowest BCUT2D eigenvalue weighted by molar-refractivity contribution is 0.246. The third-order valence-corrected chi connectivity index (χ3v) is 4.57. The van der Waals surface area contributed by atoms with E-state index in [0.29, 0.717) is 11.3 Å². The van der Waals surface area contributed by atoms with Crippen molar-refractivity contribution in [1.29, 1.82) is 0 Å². The van der Waals surface area contributed by atoms with Gasteiger partial charge in [0, 0.05) is 56.1 Å². The zero-order valence-electron chi connectivity index (χ0n) is 17.5. The van der Waals surface area contributed by atoms with Crippen LogP contribution in [0.1, 0.15) is 33.3 Å². The molecule has 0 bridgehead atoms. The Kier molecular flexibility index (Phi) is 8.69. The van der Waals surface area contributed by atoms with Gasteiger partial charge in [-0.25, -0.2) is 4.98 Å². The van der Waals surface area contributed by atoms with Crippen LogP contribution in [0.2, 0.25) is 0 Å². The van der Waals surface area contributed by atoms with Crippen LogP contribution in [0.3, 0.4) is 0 Å². The van der Waals surface area contributed by atoms with Crippen LogP contribution in [0, 0.1) is 0 Å². The van der Waals surface area contributed by atoms with E-state index in [4.69, 9.17) is 0 Å². The number of phenols is 1. The molecule has 1 aromatic carbocycles. The van der Waals surface area contributed by atoms with Gasteiger partial charge in [-0.05, 0) is 18.2 Å². The van der Waals surface area contributed by atoms with Gasteiger partial charge in [-0.1, -0.05) is 52.0 Å². The molecule has 1 aliphatic rings. The highest BCUT2D eigenvalue weighted by Gasteiger charge is 2.19. The van der Waals surface area contributed by atoms with Crippen LogP contribution >= 0.6 is 0 Å². The lowest BCUT2D eigenvalue weighted by Gasteiger charge is -2.35. The fourth-order valence-corrected chi connectivity index (χ4v) is 3.22. The molecule has 0 unspecified atom stereocenters. The molecule has 0 aliphatic carbocycles. The molecular weight excluding hydrogens is 348 g/mol. The van der Waals surface area contributed by atoms with Gasteiger partial charge in [0.2, 0.25) is 0 Å². The van der Waals surface area contributed by atoms with Gasteiger partial charge in [0.25, 0.3) is 0 Å². The van der Waals surface area contributed by atoms with Gasteiger partial charge in [-0.2, -0.15) is 0 Å². The van der Waals surface area contributed by atoms with Crippen LogP contribution in [0.15, 0.2) is 54.9 Å². The number of piperazine rings is 1. The Morgan fingerprint density at radius 1 is 0.821 bits per heavy atom. The van der Waals surface area contributed by atoms with Crippen molar-refractivity contribution in [2.75, 3.05) is 31.1 Å². The zero-order chi connectivity index (χ0) is 20.4. The lowest BCUT2D eigenvalue weighted by atomic mass is 10.1. The molecule has 0 spiro atoms. The second-order valence-corrected chi connectivity index (χ2v) is 6.10. The van der Waals surface area contributed by atoms with Gasteiger partial charge in [-0.15, -0.1) is 0 Å². The smallest absolute Gasteiger partial charge is 0.146 e. The van der Waals surface area contributed by atoms with Crippen LogP contribution in [0.5, 0.6) is 5.75 Å². The second kappa shape index (κ2) is 11.2. The Labute approximate surface area is 168 Å². The summed E-state index contributed by atoms with van der Waals surface area (Å²) in [6.07, 6.45) is 3.55. The standard InChI is InChI=1S/C19H20N4O.2C2H6/c24-19-16(7-6-15-4-3-9-21-18(15)19)14-22-10-12-23(13-11-22)17-5-1-2-8-20-17;2*1-2/h1-9,24H,10-14H2;2*1-2H3. The predicted octanol–water partition coefficient (Wildman–Crippen LogP) is 4.71. The Bertz CT molecular complexity index is 830. The molecule has 5 nitrogen and oxygen atoms in total. The average Bonchev–Trinajstić information content (AvgIpc) is 2.80. The summed E-state index contributed by atoms with van der Waals surface area (Å²) in [5.74, 6) is 1.34. The molecule has 0 radical (unpaired) electrons. The third-order valence-electron chi connectivity index (χ3n) is 4.57. The van der Waals surface area contributed by atoms with Crippen molar-refractivity contribution in [3.05, 3.63) is 60.4 Å². The highest BCUT2D eigenvalue weighted by atomic mass is 16.3. The maximum atomic E-state index is 10.5. The van der Waals surface area contributed by atoms with Gasteiger partial charge < -0.3 is 10.0 Å². The molecule has 0 saturated carbocycles. The summed E-state index contributed by atoms with van der Waals surface area (Å²) >= 11 is 0. The Hall–Kier alpha value is -2.66. The number of benzene rings is 1. The van der Waals surface area contributed by atoms with Crippen molar-refractivity contribution in [2.24, 2.45) is 0 Å². The van der Waals surface area contributed by atoms with E-state index in [-0.39, 0.29) is 0 Å². The van der Waals surface area contributed by atoms with Crippen LogP contribution in [0.4, 0.5) is 5.82 Å². The van der Waals surface area contributed by atoms with Crippen molar-refractivity contribution in [3.63, 3.8) is 0 Å². The van der Waals surface area contributed by atoms with Gasteiger partial charge >= 0.3 is 0 Å². The van der Waals surface area contributed by atoms with Crippen LogP contribution in [-0.4, -0.2) is 46.2 Å². The maximum Gasteiger partial charge on any atom is 0.146 e. The number of aromatic nitrogens is 2. The number of fused-ring (bicyclic) bond motifs is 1. The molecule has 150 valence electrons. The Morgan fingerprint density at radius 2 is 1.54 bits per heavy atom. The first-order valence-electron chi connectivity index (χ1n) is 10.3. The predicted molar refractivity (Wildman–Crippen MR) is 118 cm³/mol. The van der Waals surface area contributed by atoms with E-state index in [9.17, 15) is 5.11 Å². The average molecular weight is 381 g/mol. The minimum atomic E-state index is 0.306. The lowest BCUT2D eigenvalue weighted by Crippen LogP contribution is -2.46. The summed E-state index contributed by atoms with van der Waals surface area (Å²) in [5, 5.41) is 11.5. The van der Waals surface area contributed by atoms with E-state index < -0.39 is 0 Å². The fraction of sp³-hybridized carbons (Fsp3) is 0.391. The highest BCUT2D eigenvalue weighted by Crippen LogP contribution is 2.28. The van der Waals surface area contributed by atoms with Gasteiger partial charge in [0.05, 0.1) is 0 Å². The number of phenolic OH excluding ortho intramolecular Hbond substituents is 1. The number of nitrogens with zero attached hydrogens (tertiary/aromatic N) is 4. The molecule has 2 aromatic heterocycles. The molecule has 5 heteroatoms. The largest absolute Gasteiger partial charge is 0.505 e. The monoisotopic (exact) mass is 380 g/mol. The van der Waals surface area contributed by atoms with Gasteiger partial charge in [0.1, 0.15) is 17.1 Å². The first kappa shape index (κ1) is 21.6. The topological polar surface area (TPSA) is 52.5 Å². The molecule has 1 N–H and O–H groups in total. The molecule has 28 heavy (non-hydrogen) atoms. The minimum absolute atomic E-state index is 0.306. The first-order chi connectivity index (χ1) is 13.8. The van der Waals surface area contributed by atoms with Gasteiger partial charge in [0.15, 0.2) is 0 Å². The second-order valence-electron chi connectivity index (χ2n) is 6.10. The van der Waals surface area contributed by atoms with E-state index in [0.717, 1.165) is 49.5 Å². The van der Waals surface area contributed by atoms with E-state index in [1.807, 2.05) is 70.3 Å². The fourth-order valence-electron chi connectivity index (χ4n) is 3.22. The molecule has 1 aliphatic heterocycles. The normalized spacial score (nSPS) is 13.9. The minimum Gasteiger partial charge on any atom is -0.505 e. The van der Waals surface area contributed by atoms with Gasteiger partial charge in [-0.3, -0.25) is 9.88 Å². The van der Waals surface area contributed by atoms with Crippen molar-refractivity contribution < 1.29 is 5.11 Å². The van der Waals surface area contributed by atoms with Crippen molar-refractivity contribution in [1.82, 2.24) is 14.9 Å². The Balaban J connectivity index is 0.000000660. The summed E-state index contributed by atoms with van der Waals surface area (Å²) in [6.45, 7) is 12.5.